The molecule has 2 aliphatic rings. The highest BCUT2D eigenvalue weighted by molar-refractivity contribution is 6.31. The van der Waals surface area contributed by atoms with Crippen LogP contribution in [0.4, 0.5) is 11.4 Å². The molecule has 0 amide bonds. The minimum absolute atomic E-state index is 0.119. The topological polar surface area (TPSA) is 55.6 Å². The normalized spacial score (nSPS) is 22.5. The second-order valence-electron chi connectivity index (χ2n) is 6.93. The van der Waals surface area contributed by atoms with E-state index in [2.05, 4.69) is 19.9 Å². The maximum Gasteiger partial charge on any atom is 0.313 e. The Balaban J connectivity index is 1.93. The van der Waals surface area contributed by atoms with Gasteiger partial charge in [0.05, 0.1) is 10.3 Å². The van der Waals surface area contributed by atoms with E-state index in [0.29, 0.717) is 10.6 Å². The summed E-state index contributed by atoms with van der Waals surface area (Å²) in [5, 5.41) is 11.8. The second kappa shape index (κ2) is 4.99. The lowest BCUT2D eigenvalue weighted by Crippen LogP contribution is -2.58. The molecule has 0 N–H and O–H groups in total. The molecule has 1 unspecified atom stereocenters. The number of nitro groups is 1. The van der Waals surface area contributed by atoms with Gasteiger partial charge in [-0.05, 0) is 43.7 Å². The van der Waals surface area contributed by atoms with Crippen LogP contribution in [0.5, 0.6) is 5.75 Å². The van der Waals surface area contributed by atoms with Gasteiger partial charge in [-0.15, -0.1) is 0 Å². The molecule has 1 spiro atoms. The molecule has 2 aromatic carbocycles. The zero-order valence-corrected chi connectivity index (χ0v) is 14.9. The van der Waals surface area contributed by atoms with Crippen molar-refractivity contribution in [2.45, 2.75) is 25.0 Å². The van der Waals surface area contributed by atoms with Crippen LogP contribution >= 0.6 is 11.6 Å². The van der Waals surface area contributed by atoms with E-state index < -0.39 is 16.1 Å². The third kappa shape index (κ3) is 1.96. The van der Waals surface area contributed by atoms with E-state index >= 15 is 0 Å². The molecule has 0 radical (unpaired) electrons. The van der Waals surface area contributed by atoms with E-state index in [1.807, 2.05) is 42.3 Å². The van der Waals surface area contributed by atoms with Crippen molar-refractivity contribution >= 4 is 29.1 Å². The number of benzene rings is 2. The number of fused-ring (bicyclic) bond motifs is 2. The fourth-order valence-electron chi connectivity index (χ4n) is 3.96. The van der Waals surface area contributed by atoms with Crippen LogP contribution in [0.15, 0.2) is 42.5 Å². The molecule has 2 aromatic rings. The molecule has 0 saturated carbocycles. The average Bonchev–Trinajstić information content (AvgIpc) is 2.74. The summed E-state index contributed by atoms with van der Waals surface area (Å²) >= 11 is 6.03. The molecule has 5 nitrogen and oxygen atoms in total. The Morgan fingerprint density at radius 1 is 1.24 bits per heavy atom. The highest BCUT2D eigenvalue weighted by Gasteiger charge is 2.58. The SMILES string of the molecule is CN1c2ccccc2C(C)(C)C12C=Cc1cc(Cl)cc([N+](=O)[O-])c1O2. The average molecular weight is 357 g/mol. The Morgan fingerprint density at radius 3 is 2.64 bits per heavy atom. The Labute approximate surface area is 150 Å². The summed E-state index contributed by atoms with van der Waals surface area (Å²) in [6, 6.07) is 11.1. The minimum Gasteiger partial charge on any atom is -0.456 e. The number of nitro benzene ring substituents is 1. The molecule has 0 aromatic heterocycles. The molecule has 0 saturated heterocycles. The van der Waals surface area contributed by atoms with Gasteiger partial charge in [-0.3, -0.25) is 10.1 Å². The summed E-state index contributed by atoms with van der Waals surface area (Å²) in [5.41, 5.74) is 1.44. The lowest BCUT2D eigenvalue weighted by molar-refractivity contribution is -0.386. The van der Waals surface area contributed by atoms with Gasteiger partial charge in [0, 0.05) is 29.4 Å². The smallest absolute Gasteiger partial charge is 0.313 e. The molecular weight excluding hydrogens is 340 g/mol. The van der Waals surface area contributed by atoms with Crippen molar-refractivity contribution in [1.29, 1.82) is 0 Å². The number of anilines is 1. The van der Waals surface area contributed by atoms with Crippen molar-refractivity contribution in [3.05, 3.63) is 68.7 Å². The Kier molecular flexibility index (Phi) is 3.19. The highest BCUT2D eigenvalue weighted by atomic mass is 35.5. The molecule has 25 heavy (non-hydrogen) atoms. The molecule has 6 heteroatoms. The molecule has 0 aliphatic carbocycles. The molecule has 128 valence electrons. The summed E-state index contributed by atoms with van der Waals surface area (Å²) in [7, 11) is 1.95. The zero-order valence-electron chi connectivity index (χ0n) is 14.1. The number of halogens is 1. The Morgan fingerprint density at radius 2 is 1.96 bits per heavy atom. The van der Waals surface area contributed by atoms with Crippen molar-refractivity contribution < 1.29 is 9.66 Å². The third-order valence-corrected chi connectivity index (χ3v) is 5.56. The van der Waals surface area contributed by atoms with Gasteiger partial charge < -0.3 is 9.64 Å². The molecule has 1 atom stereocenters. The number of rotatable bonds is 1. The predicted molar refractivity (Wildman–Crippen MR) is 98.4 cm³/mol. The van der Waals surface area contributed by atoms with Crippen LogP contribution in [-0.4, -0.2) is 17.7 Å². The first-order chi connectivity index (χ1) is 11.8. The number of likely N-dealkylation sites (N-methyl/N-ethyl adjacent to an activating group) is 1. The highest BCUT2D eigenvalue weighted by Crippen LogP contribution is 2.55. The first-order valence-corrected chi connectivity index (χ1v) is 8.35. The number of hydrogen-bond acceptors (Lipinski definition) is 4. The van der Waals surface area contributed by atoms with Crippen molar-refractivity contribution in [2.75, 3.05) is 11.9 Å². The van der Waals surface area contributed by atoms with E-state index in [-0.39, 0.29) is 11.4 Å². The minimum atomic E-state index is -0.845. The summed E-state index contributed by atoms with van der Waals surface area (Å²) < 4.78 is 6.38. The van der Waals surface area contributed by atoms with Gasteiger partial charge in [-0.2, -0.15) is 0 Å². The fraction of sp³-hybridized carbons (Fsp3) is 0.263. The van der Waals surface area contributed by atoms with Crippen LogP contribution < -0.4 is 9.64 Å². The maximum absolute atomic E-state index is 11.5. The van der Waals surface area contributed by atoms with Crippen molar-refractivity contribution in [3.63, 3.8) is 0 Å². The van der Waals surface area contributed by atoms with E-state index in [9.17, 15) is 10.1 Å². The predicted octanol–water partition coefficient (Wildman–Crippen LogP) is 4.78. The van der Waals surface area contributed by atoms with Gasteiger partial charge >= 0.3 is 5.69 Å². The standard InChI is InChI=1S/C19H17ClN2O3/c1-18(2)14-6-4-5-7-15(14)21(3)19(18)9-8-12-10-13(20)11-16(22(23)24)17(12)25-19/h4-11H,1-3H3. The van der Waals surface area contributed by atoms with Gasteiger partial charge in [-0.1, -0.05) is 29.8 Å². The molecule has 4 rings (SSSR count). The zero-order chi connectivity index (χ0) is 18.0. The van der Waals surface area contributed by atoms with E-state index in [0.717, 1.165) is 11.3 Å². The van der Waals surface area contributed by atoms with Crippen molar-refractivity contribution in [3.8, 4) is 5.75 Å². The van der Waals surface area contributed by atoms with Crippen LogP contribution in [0.25, 0.3) is 6.08 Å². The fourth-order valence-corrected chi connectivity index (χ4v) is 4.19. The van der Waals surface area contributed by atoms with Gasteiger partial charge in [0.2, 0.25) is 11.5 Å². The molecule has 2 aliphatic heterocycles. The van der Waals surface area contributed by atoms with Gasteiger partial charge in [-0.25, -0.2) is 0 Å². The maximum atomic E-state index is 11.5. The van der Waals surface area contributed by atoms with Gasteiger partial charge in [0.1, 0.15) is 0 Å². The lowest BCUT2D eigenvalue weighted by atomic mass is 9.76. The Bertz CT molecular complexity index is 938. The number of para-hydroxylation sites is 1. The Hall–Kier alpha value is -2.53. The van der Waals surface area contributed by atoms with Crippen molar-refractivity contribution in [2.24, 2.45) is 0 Å². The van der Waals surface area contributed by atoms with Crippen LogP contribution in [-0.2, 0) is 5.41 Å². The lowest BCUT2D eigenvalue weighted by Gasteiger charge is -2.45. The largest absolute Gasteiger partial charge is 0.456 e. The third-order valence-electron chi connectivity index (χ3n) is 5.34. The number of hydrogen-bond donors (Lipinski definition) is 0. The van der Waals surface area contributed by atoms with Crippen LogP contribution in [0.2, 0.25) is 5.02 Å². The van der Waals surface area contributed by atoms with Crippen LogP contribution in [0, 0.1) is 10.1 Å². The van der Waals surface area contributed by atoms with Crippen LogP contribution in [0.1, 0.15) is 25.0 Å². The quantitative estimate of drug-likeness (QED) is 0.545. The summed E-state index contributed by atoms with van der Waals surface area (Å²) in [4.78, 5) is 13.1. The van der Waals surface area contributed by atoms with Gasteiger partial charge in [0.15, 0.2) is 0 Å². The first kappa shape index (κ1) is 16.0. The van der Waals surface area contributed by atoms with Crippen LogP contribution in [0.3, 0.4) is 0 Å². The molecular formula is C19H17ClN2O3. The monoisotopic (exact) mass is 356 g/mol. The summed E-state index contributed by atoms with van der Waals surface area (Å²) in [6.45, 7) is 4.18. The first-order valence-electron chi connectivity index (χ1n) is 7.97. The van der Waals surface area contributed by atoms with Gasteiger partial charge in [0.25, 0.3) is 0 Å². The van der Waals surface area contributed by atoms with Crippen molar-refractivity contribution in [1.82, 2.24) is 0 Å². The summed E-state index contributed by atoms with van der Waals surface area (Å²) in [5.74, 6) is 0.254. The molecule has 2 heterocycles. The van der Waals surface area contributed by atoms with E-state index in [1.54, 1.807) is 6.07 Å². The van der Waals surface area contributed by atoms with E-state index in [1.165, 1.54) is 6.07 Å². The molecule has 0 fully saturated rings. The summed E-state index contributed by atoms with van der Waals surface area (Å²) in [6.07, 6.45) is 3.83. The molecule has 0 bridgehead atoms. The second-order valence-corrected chi connectivity index (χ2v) is 7.37. The number of ether oxygens (including phenoxy) is 1. The van der Waals surface area contributed by atoms with E-state index in [4.69, 9.17) is 16.3 Å². The number of nitrogens with zero attached hydrogens (tertiary/aromatic N) is 2.